The number of halogens is 3. The molecule has 1 atom stereocenters. The van der Waals surface area contributed by atoms with Crippen LogP contribution in [0.15, 0.2) is 47.4 Å². The Morgan fingerprint density at radius 2 is 1.97 bits per heavy atom. The Morgan fingerprint density at radius 3 is 2.59 bits per heavy atom. The standard InChI is InChI=1S/C17H15F3N2O5S2/c1-27-15-6-5-11(9-14(15)22(23)24)16-21(7-8-28-16)29(25,26)13-4-2-3-12(10-13)17(18,19)20/h2-6,9-10,16H,7-8H2,1H3/t16-/m1/s1. The molecular formula is C17H15F3N2O5S2. The Bertz CT molecular complexity index is 1040. The summed E-state index contributed by atoms with van der Waals surface area (Å²) in [7, 11) is -2.98. The Balaban J connectivity index is 2.01. The van der Waals surface area contributed by atoms with E-state index in [1.165, 1.54) is 37.1 Å². The Morgan fingerprint density at radius 1 is 1.24 bits per heavy atom. The quantitative estimate of drug-likeness (QED) is 0.506. The van der Waals surface area contributed by atoms with E-state index in [0.717, 1.165) is 22.5 Å². The summed E-state index contributed by atoms with van der Waals surface area (Å²) in [6.07, 6.45) is -4.68. The maximum Gasteiger partial charge on any atom is 0.416 e. The lowest BCUT2D eigenvalue weighted by atomic mass is 10.2. The topological polar surface area (TPSA) is 89.8 Å². The van der Waals surface area contributed by atoms with Gasteiger partial charge in [-0.3, -0.25) is 10.1 Å². The highest BCUT2D eigenvalue weighted by molar-refractivity contribution is 8.01. The zero-order valence-corrected chi connectivity index (χ0v) is 16.6. The fraction of sp³-hybridized carbons (Fsp3) is 0.294. The number of benzene rings is 2. The normalized spacial score (nSPS) is 18.0. The van der Waals surface area contributed by atoms with Crippen LogP contribution in [0.2, 0.25) is 0 Å². The second kappa shape index (κ2) is 7.84. The number of sulfonamides is 1. The van der Waals surface area contributed by atoms with Crippen molar-refractivity contribution in [3.8, 4) is 5.75 Å². The number of nitrogens with zero attached hydrogens (tertiary/aromatic N) is 2. The van der Waals surface area contributed by atoms with Gasteiger partial charge < -0.3 is 4.74 Å². The summed E-state index contributed by atoms with van der Waals surface area (Å²) in [4.78, 5) is 10.1. The summed E-state index contributed by atoms with van der Waals surface area (Å²) >= 11 is 1.23. The summed E-state index contributed by atoms with van der Waals surface area (Å²) in [5, 5.41) is 10.5. The first kappa shape index (κ1) is 21.4. The van der Waals surface area contributed by atoms with E-state index in [1.54, 1.807) is 0 Å². The zero-order chi connectivity index (χ0) is 21.4. The van der Waals surface area contributed by atoms with E-state index >= 15 is 0 Å². The van der Waals surface area contributed by atoms with Crippen molar-refractivity contribution in [3.05, 3.63) is 63.7 Å². The van der Waals surface area contributed by atoms with E-state index in [0.29, 0.717) is 17.4 Å². The van der Waals surface area contributed by atoms with Gasteiger partial charge in [-0.1, -0.05) is 12.1 Å². The third-order valence-electron chi connectivity index (χ3n) is 4.30. The predicted octanol–water partition coefficient (Wildman–Crippen LogP) is 4.06. The molecule has 2 aromatic carbocycles. The van der Waals surface area contributed by atoms with E-state index in [1.807, 2.05) is 0 Å². The van der Waals surface area contributed by atoms with Crippen LogP contribution in [-0.2, 0) is 16.2 Å². The molecule has 0 unspecified atom stereocenters. The van der Waals surface area contributed by atoms with Crippen LogP contribution in [0, 0.1) is 10.1 Å². The minimum Gasteiger partial charge on any atom is -0.490 e. The molecule has 0 saturated carbocycles. The molecule has 29 heavy (non-hydrogen) atoms. The van der Waals surface area contributed by atoms with Crippen molar-refractivity contribution < 1.29 is 31.2 Å². The number of rotatable bonds is 5. The van der Waals surface area contributed by atoms with Crippen LogP contribution < -0.4 is 4.74 Å². The highest BCUT2D eigenvalue weighted by atomic mass is 32.2. The molecular weight excluding hydrogens is 433 g/mol. The molecule has 0 N–H and O–H groups in total. The first-order valence-corrected chi connectivity index (χ1v) is 10.7. The van der Waals surface area contributed by atoms with E-state index in [-0.39, 0.29) is 18.0 Å². The fourth-order valence-corrected chi connectivity index (χ4v) is 6.21. The van der Waals surface area contributed by atoms with Gasteiger partial charge in [0.15, 0.2) is 5.75 Å². The van der Waals surface area contributed by atoms with Gasteiger partial charge in [0.05, 0.1) is 27.9 Å². The summed E-state index contributed by atoms with van der Waals surface area (Å²) < 4.78 is 71.0. The van der Waals surface area contributed by atoms with Crippen molar-refractivity contribution in [1.29, 1.82) is 0 Å². The molecule has 2 aromatic rings. The number of nitro benzene ring substituents is 1. The molecule has 0 amide bonds. The van der Waals surface area contributed by atoms with Crippen LogP contribution in [0.4, 0.5) is 18.9 Å². The molecule has 3 rings (SSSR count). The lowest BCUT2D eigenvalue weighted by Crippen LogP contribution is -2.30. The lowest BCUT2D eigenvalue weighted by Gasteiger charge is -2.24. The van der Waals surface area contributed by atoms with Gasteiger partial charge in [-0.05, 0) is 29.8 Å². The first-order valence-electron chi connectivity index (χ1n) is 8.18. The molecule has 156 valence electrons. The number of thioether (sulfide) groups is 1. The number of alkyl halides is 3. The lowest BCUT2D eigenvalue weighted by molar-refractivity contribution is -0.385. The van der Waals surface area contributed by atoms with Crippen LogP contribution in [0.3, 0.4) is 0 Å². The third kappa shape index (κ3) is 4.19. The molecule has 1 saturated heterocycles. The number of hydrogen-bond acceptors (Lipinski definition) is 6. The number of methoxy groups -OCH3 is 1. The minimum atomic E-state index is -4.68. The van der Waals surface area contributed by atoms with Gasteiger partial charge in [-0.15, -0.1) is 11.8 Å². The molecule has 0 spiro atoms. The number of ether oxygens (including phenoxy) is 1. The third-order valence-corrected chi connectivity index (χ3v) is 7.56. The van der Waals surface area contributed by atoms with Crippen LogP contribution in [0.25, 0.3) is 0 Å². The number of nitro groups is 1. The molecule has 0 aliphatic carbocycles. The minimum absolute atomic E-state index is 0.0223. The molecule has 12 heteroatoms. The van der Waals surface area contributed by atoms with E-state index in [4.69, 9.17) is 4.74 Å². The average molecular weight is 448 g/mol. The van der Waals surface area contributed by atoms with Crippen molar-refractivity contribution in [2.24, 2.45) is 0 Å². The van der Waals surface area contributed by atoms with Crippen molar-refractivity contribution in [2.75, 3.05) is 19.4 Å². The SMILES string of the molecule is COc1ccc([C@H]2SCCN2S(=O)(=O)c2cccc(C(F)(F)F)c2)cc1[N+](=O)[O-]. The Hall–Kier alpha value is -2.31. The van der Waals surface area contributed by atoms with E-state index in [2.05, 4.69) is 0 Å². The summed E-state index contributed by atoms with van der Waals surface area (Å²) in [5.74, 6) is 0.414. The predicted molar refractivity (Wildman–Crippen MR) is 100 cm³/mol. The van der Waals surface area contributed by atoms with E-state index in [9.17, 15) is 31.7 Å². The average Bonchev–Trinajstić information content (AvgIpc) is 3.17. The monoisotopic (exact) mass is 448 g/mol. The van der Waals surface area contributed by atoms with Gasteiger partial charge in [0.1, 0.15) is 0 Å². The molecule has 1 heterocycles. The molecule has 0 radical (unpaired) electrons. The molecule has 1 aliphatic rings. The smallest absolute Gasteiger partial charge is 0.416 e. The maximum atomic E-state index is 13.0. The molecule has 7 nitrogen and oxygen atoms in total. The van der Waals surface area contributed by atoms with Crippen LogP contribution in [0.1, 0.15) is 16.5 Å². The molecule has 0 bridgehead atoms. The summed E-state index contributed by atoms with van der Waals surface area (Å²) in [6.45, 7) is 0.0632. The van der Waals surface area contributed by atoms with Gasteiger partial charge in [0.2, 0.25) is 10.0 Å². The van der Waals surface area contributed by atoms with Crippen LogP contribution >= 0.6 is 11.8 Å². The van der Waals surface area contributed by atoms with Crippen molar-refractivity contribution in [3.63, 3.8) is 0 Å². The van der Waals surface area contributed by atoms with Crippen molar-refractivity contribution in [1.82, 2.24) is 4.31 Å². The summed E-state index contributed by atoms with van der Waals surface area (Å²) in [5.41, 5.74) is -1.05. The number of hydrogen-bond donors (Lipinski definition) is 0. The Kier molecular flexibility index (Phi) is 5.79. The zero-order valence-electron chi connectivity index (χ0n) is 14.9. The van der Waals surface area contributed by atoms with Crippen LogP contribution in [0.5, 0.6) is 5.75 Å². The molecule has 1 fully saturated rings. The first-order chi connectivity index (χ1) is 13.6. The van der Waals surface area contributed by atoms with Gasteiger partial charge in [-0.2, -0.15) is 17.5 Å². The van der Waals surface area contributed by atoms with Crippen molar-refractivity contribution in [2.45, 2.75) is 16.4 Å². The summed E-state index contributed by atoms with van der Waals surface area (Å²) in [6, 6.07) is 7.60. The van der Waals surface area contributed by atoms with Crippen molar-refractivity contribution >= 4 is 27.5 Å². The second-order valence-electron chi connectivity index (χ2n) is 6.05. The maximum absolute atomic E-state index is 13.0. The fourth-order valence-electron chi connectivity index (χ4n) is 2.93. The second-order valence-corrected chi connectivity index (χ2v) is 9.13. The highest BCUT2D eigenvalue weighted by Gasteiger charge is 2.39. The highest BCUT2D eigenvalue weighted by Crippen LogP contribution is 2.44. The van der Waals surface area contributed by atoms with Gasteiger partial charge >= 0.3 is 11.9 Å². The van der Waals surface area contributed by atoms with Gasteiger partial charge in [0.25, 0.3) is 0 Å². The van der Waals surface area contributed by atoms with Crippen LogP contribution in [-0.4, -0.2) is 37.1 Å². The van der Waals surface area contributed by atoms with E-state index < -0.39 is 37.0 Å². The molecule has 1 aliphatic heterocycles. The largest absolute Gasteiger partial charge is 0.490 e. The molecule has 0 aromatic heterocycles. The Labute approximate surface area is 168 Å². The van der Waals surface area contributed by atoms with Gasteiger partial charge in [-0.25, -0.2) is 8.42 Å². The van der Waals surface area contributed by atoms with Gasteiger partial charge in [0, 0.05) is 18.4 Å².